The average molecular weight is 265 g/mol. The van der Waals surface area contributed by atoms with E-state index in [-0.39, 0.29) is 18.7 Å². The first-order valence-electron chi connectivity index (χ1n) is 6.27. The van der Waals surface area contributed by atoms with Crippen molar-refractivity contribution in [3.05, 3.63) is 35.9 Å². The molecule has 5 heteroatoms. The standard InChI is InChI=1S/C14H19NO4/c1-2-19-9-8-13(16)15-12(10-14(17)18)11-6-4-3-5-7-11/h3-7,12H,2,8-10H2,1H3,(H,15,16)(H,17,18). The normalized spacial score (nSPS) is 11.8. The van der Waals surface area contributed by atoms with E-state index in [1.807, 2.05) is 25.1 Å². The van der Waals surface area contributed by atoms with E-state index in [9.17, 15) is 9.59 Å². The summed E-state index contributed by atoms with van der Waals surface area (Å²) in [7, 11) is 0. The third-order valence-electron chi connectivity index (χ3n) is 2.59. The van der Waals surface area contributed by atoms with E-state index in [1.165, 1.54) is 0 Å². The molecule has 1 rings (SSSR count). The van der Waals surface area contributed by atoms with Crippen LogP contribution in [0, 0.1) is 0 Å². The van der Waals surface area contributed by atoms with Gasteiger partial charge in [-0.15, -0.1) is 0 Å². The van der Waals surface area contributed by atoms with Crippen LogP contribution in [0.2, 0.25) is 0 Å². The molecule has 5 nitrogen and oxygen atoms in total. The third-order valence-corrected chi connectivity index (χ3v) is 2.59. The number of ether oxygens (including phenoxy) is 1. The Labute approximate surface area is 112 Å². The van der Waals surface area contributed by atoms with Crippen LogP contribution in [0.15, 0.2) is 30.3 Å². The summed E-state index contributed by atoms with van der Waals surface area (Å²) in [6.07, 6.45) is 0.0984. The Morgan fingerprint density at radius 3 is 2.58 bits per heavy atom. The molecule has 0 aromatic heterocycles. The van der Waals surface area contributed by atoms with Crippen molar-refractivity contribution in [2.75, 3.05) is 13.2 Å². The van der Waals surface area contributed by atoms with Crippen molar-refractivity contribution >= 4 is 11.9 Å². The van der Waals surface area contributed by atoms with Crippen molar-refractivity contribution in [3.8, 4) is 0 Å². The van der Waals surface area contributed by atoms with Gasteiger partial charge in [-0.05, 0) is 12.5 Å². The Morgan fingerprint density at radius 1 is 1.32 bits per heavy atom. The highest BCUT2D eigenvalue weighted by molar-refractivity contribution is 5.77. The van der Waals surface area contributed by atoms with Crippen LogP contribution in [-0.4, -0.2) is 30.2 Å². The van der Waals surface area contributed by atoms with Gasteiger partial charge in [0.2, 0.25) is 5.91 Å². The second-order valence-corrected chi connectivity index (χ2v) is 4.08. The number of aliphatic carboxylic acids is 1. The number of carboxylic acid groups (broad SMARTS) is 1. The van der Waals surface area contributed by atoms with Crippen molar-refractivity contribution in [2.24, 2.45) is 0 Å². The van der Waals surface area contributed by atoms with E-state index < -0.39 is 12.0 Å². The van der Waals surface area contributed by atoms with Crippen molar-refractivity contribution in [1.29, 1.82) is 0 Å². The van der Waals surface area contributed by atoms with Gasteiger partial charge in [0.05, 0.1) is 19.1 Å². The molecule has 1 amide bonds. The zero-order valence-corrected chi connectivity index (χ0v) is 11.0. The van der Waals surface area contributed by atoms with E-state index >= 15 is 0 Å². The number of carboxylic acids is 1. The van der Waals surface area contributed by atoms with Crippen molar-refractivity contribution < 1.29 is 19.4 Å². The lowest BCUT2D eigenvalue weighted by Crippen LogP contribution is -2.30. The SMILES string of the molecule is CCOCCC(=O)NC(CC(=O)O)c1ccccc1. The van der Waals surface area contributed by atoms with Gasteiger partial charge in [-0.2, -0.15) is 0 Å². The number of amides is 1. The molecule has 1 aromatic rings. The van der Waals surface area contributed by atoms with E-state index in [0.29, 0.717) is 13.2 Å². The molecule has 0 spiro atoms. The summed E-state index contributed by atoms with van der Waals surface area (Å²) in [5.41, 5.74) is 0.787. The summed E-state index contributed by atoms with van der Waals surface area (Å²) in [6.45, 7) is 2.76. The van der Waals surface area contributed by atoms with Gasteiger partial charge in [0.15, 0.2) is 0 Å². The fraction of sp³-hybridized carbons (Fsp3) is 0.429. The summed E-state index contributed by atoms with van der Waals surface area (Å²) < 4.78 is 5.10. The van der Waals surface area contributed by atoms with Crippen LogP contribution in [0.5, 0.6) is 0 Å². The minimum atomic E-state index is -0.945. The largest absolute Gasteiger partial charge is 0.481 e. The van der Waals surface area contributed by atoms with Gasteiger partial charge in [0, 0.05) is 13.0 Å². The topological polar surface area (TPSA) is 75.6 Å². The lowest BCUT2D eigenvalue weighted by molar-refractivity contribution is -0.137. The number of benzene rings is 1. The maximum Gasteiger partial charge on any atom is 0.305 e. The van der Waals surface area contributed by atoms with Crippen LogP contribution >= 0.6 is 0 Å². The van der Waals surface area contributed by atoms with Crippen LogP contribution in [0.1, 0.15) is 31.4 Å². The minimum Gasteiger partial charge on any atom is -0.481 e. The van der Waals surface area contributed by atoms with Gasteiger partial charge < -0.3 is 15.2 Å². The van der Waals surface area contributed by atoms with Crippen LogP contribution in [0.25, 0.3) is 0 Å². The fourth-order valence-corrected chi connectivity index (χ4v) is 1.69. The molecule has 0 radical (unpaired) electrons. The van der Waals surface area contributed by atoms with Crippen LogP contribution in [0.3, 0.4) is 0 Å². The Kier molecular flexibility index (Phi) is 6.60. The van der Waals surface area contributed by atoms with Gasteiger partial charge in [0.25, 0.3) is 0 Å². The molecule has 0 aliphatic carbocycles. The molecule has 1 unspecified atom stereocenters. The Hall–Kier alpha value is -1.88. The molecule has 1 atom stereocenters. The molecule has 0 heterocycles. The minimum absolute atomic E-state index is 0.135. The zero-order valence-electron chi connectivity index (χ0n) is 11.0. The van der Waals surface area contributed by atoms with Gasteiger partial charge in [-0.3, -0.25) is 9.59 Å². The highest BCUT2D eigenvalue weighted by Crippen LogP contribution is 2.16. The summed E-state index contributed by atoms with van der Waals surface area (Å²) in [6, 6.07) is 8.57. The number of rotatable bonds is 8. The van der Waals surface area contributed by atoms with Gasteiger partial charge >= 0.3 is 5.97 Å². The molecule has 104 valence electrons. The molecular formula is C14H19NO4. The third kappa shape index (κ3) is 6.01. The number of hydrogen-bond acceptors (Lipinski definition) is 3. The molecule has 0 saturated heterocycles. The highest BCUT2D eigenvalue weighted by atomic mass is 16.5. The maximum absolute atomic E-state index is 11.7. The van der Waals surface area contributed by atoms with E-state index in [2.05, 4.69) is 5.32 Å². The van der Waals surface area contributed by atoms with E-state index in [1.54, 1.807) is 12.1 Å². The predicted octanol–water partition coefficient (Wildman–Crippen LogP) is 1.75. The second-order valence-electron chi connectivity index (χ2n) is 4.08. The summed E-state index contributed by atoms with van der Waals surface area (Å²) in [5, 5.41) is 11.6. The van der Waals surface area contributed by atoms with Crippen LogP contribution < -0.4 is 5.32 Å². The van der Waals surface area contributed by atoms with Gasteiger partial charge in [-0.1, -0.05) is 30.3 Å². The van der Waals surface area contributed by atoms with Crippen LogP contribution in [0.4, 0.5) is 0 Å². The Morgan fingerprint density at radius 2 is 2.00 bits per heavy atom. The van der Waals surface area contributed by atoms with Gasteiger partial charge in [0.1, 0.15) is 0 Å². The first-order valence-corrected chi connectivity index (χ1v) is 6.27. The number of hydrogen-bond donors (Lipinski definition) is 2. The molecule has 0 saturated carbocycles. The molecule has 2 N–H and O–H groups in total. The van der Waals surface area contributed by atoms with E-state index in [4.69, 9.17) is 9.84 Å². The first kappa shape index (κ1) is 15.2. The van der Waals surface area contributed by atoms with E-state index in [0.717, 1.165) is 5.56 Å². The molecule has 0 aliphatic rings. The first-order chi connectivity index (χ1) is 9.13. The maximum atomic E-state index is 11.7. The van der Waals surface area contributed by atoms with Crippen molar-refractivity contribution in [1.82, 2.24) is 5.32 Å². The number of nitrogens with one attached hydrogen (secondary N) is 1. The summed E-state index contributed by atoms with van der Waals surface area (Å²) >= 11 is 0. The molecule has 0 fully saturated rings. The second kappa shape index (κ2) is 8.26. The summed E-state index contributed by atoms with van der Waals surface area (Å²) in [4.78, 5) is 22.5. The molecular weight excluding hydrogens is 246 g/mol. The monoisotopic (exact) mass is 265 g/mol. The van der Waals surface area contributed by atoms with Crippen LogP contribution in [-0.2, 0) is 14.3 Å². The van der Waals surface area contributed by atoms with Crippen molar-refractivity contribution in [3.63, 3.8) is 0 Å². The lowest BCUT2D eigenvalue weighted by atomic mass is 10.0. The molecule has 19 heavy (non-hydrogen) atoms. The Balaban J connectivity index is 2.60. The smallest absolute Gasteiger partial charge is 0.305 e. The predicted molar refractivity (Wildman–Crippen MR) is 70.7 cm³/mol. The quantitative estimate of drug-likeness (QED) is 0.702. The average Bonchev–Trinajstić information content (AvgIpc) is 2.39. The van der Waals surface area contributed by atoms with Gasteiger partial charge in [-0.25, -0.2) is 0 Å². The highest BCUT2D eigenvalue weighted by Gasteiger charge is 2.17. The number of carbonyl (C=O) groups excluding carboxylic acids is 1. The zero-order chi connectivity index (χ0) is 14.1. The van der Waals surface area contributed by atoms with Crippen molar-refractivity contribution in [2.45, 2.75) is 25.8 Å². The Bertz CT molecular complexity index is 405. The molecule has 0 aliphatic heterocycles. The molecule has 1 aromatic carbocycles. The lowest BCUT2D eigenvalue weighted by Gasteiger charge is -2.17. The number of carbonyl (C=O) groups is 2. The fourth-order valence-electron chi connectivity index (χ4n) is 1.69. The summed E-state index contributed by atoms with van der Waals surface area (Å²) in [5.74, 6) is -1.15. The molecule has 0 bridgehead atoms.